The van der Waals surface area contributed by atoms with E-state index < -0.39 is 0 Å². The predicted octanol–water partition coefficient (Wildman–Crippen LogP) is 5.48. The number of urea groups is 1. The van der Waals surface area contributed by atoms with Crippen molar-refractivity contribution in [3.05, 3.63) is 69.7 Å². The van der Waals surface area contributed by atoms with E-state index in [0.29, 0.717) is 17.0 Å². The minimum atomic E-state index is -0.360. The van der Waals surface area contributed by atoms with Gasteiger partial charge in [-0.05, 0) is 36.6 Å². The number of amides is 2. The number of rotatable bonds is 3. The van der Waals surface area contributed by atoms with E-state index in [1.54, 1.807) is 0 Å². The number of nitrogens with one attached hydrogen (secondary N) is 2. The number of carbonyl (C=O) groups excluding carboxylic acids is 1. The van der Waals surface area contributed by atoms with Gasteiger partial charge in [0.25, 0.3) is 0 Å². The summed E-state index contributed by atoms with van der Waals surface area (Å²) in [4.78, 5) is 12.6. The van der Waals surface area contributed by atoms with Crippen molar-refractivity contribution in [2.45, 2.75) is 26.7 Å². The molecule has 0 bridgehead atoms. The fourth-order valence-electron chi connectivity index (χ4n) is 3.33. The molecule has 0 saturated heterocycles. The summed E-state index contributed by atoms with van der Waals surface area (Å²) in [6.07, 6.45) is 1.61. The van der Waals surface area contributed by atoms with Gasteiger partial charge in [0, 0.05) is 21.1 Å². The van der Waals surface area contributed by atoms with Crippen LogP contribution in [0.4, 0.5) is 10.5 Å². The molecule has 0 aliphatic heterocycles. The summed E-state index contributed by atoms with van der Waals surface area (Å²) in [7, 11) is 0. The van der Waals surface area contributed by atoms with Gasteiger partial charge in [-0.25, -0.2) is 4.79 Å². The zero-order valence-electron chi connectivity index (χ0n) is 14.8. The lowest BCUT2D eigenvalue weighted by atomic mass is 9.69. The lowest BCUT2D eigenvalue weighted by Gasteiger charge is -2.35. The number of benzene rings is 2. The Morgan fingerprint density at radius 1 is 1.23 bits per heavy atom. The van der Waals surface area contributed by atoms with Crippen LogP contribution in [0.3, 0.4) is 0 Å². The van der Waals surface area contributed by atoms with Crippen molar-refractivity contribution in [2.75, 3.05) is 5.32 Å². The van der Waals surface area contributed by atoms with Crippen LogP contribution < -0.4 is 10.6 Å². The first-order valence-electron chi connectivity index (χ1n) is 8.53. The van der Waals surface area contributed by atoms with Crippen LogP contribution in [0.25, 0.3) is 5.70 Å². The molecule has 0 radical (unpaired) electrons. The Balaban J connectivity index is 1.97. The van der Waals surface area contributed by atoms with Crippen LogP contribution in [0.5, 0.6) is 0 Å². The number of anilines is 1. The summed E-state index contributed by atoms with van der Waals surface area (Å²) in [6, 6.07) is 17.3. The van der Waals surface area contributed by atoms with Crippen LogP contribution in [-0.4, -0.2) is 6.03 Å². The van der Waals surface area contributed by atoms with Crippen molar-refractivity contribution >= 4 is 33.3 Å². The lowest BCUT2D eigenvalue weighted by Crippen LogP contribution is -2.35. The molecule has 4 nitrogen and oxygen atoms in total. The maximum absolute atomic E-state index is 12.6. The highest BCUT2D eigenvalue weighted by molar-refractivity contribution is 9.10. The summed E-state index contributed by atoms with van der Waals surface area (Å²) < 4.78 is 0.883. The maximum atomic E-state index is 12.6. The Morgan fingerprint density at radius 3 is 2.69 bits per heavy atom. The Hall–Kier alpha value is -2.58. The van der Waals surface area contributed by atoms with E-state index in [-0.39, 0.29) is 11.4 Å². The van der Waals surface area contributed by atoms with Gasteiger partial charge < -0.3 is 10.6 Å². The van der Waals surface area contributed by atoms with Crippen molar-refractivity contribution in [3.8, 4) is 6.07 Å². The summed E-state index contributed by atoms with van der Waals surface area (Å²) >= 11 is 3.39. The molecule has 1 unspecified atom stereocenters. The molecule has 1 atom stereocenters. The van der Waals surface area contributed by atoms with Crippen molar-refractivity contribution in [1.82, 2.24) is 5.32 Å². The predicted molar refractivity (Wildman–Crippen MR) is 107 cm³/mol. The molecule has 2 amide bonds. The zero-order valence-corrected chi connectivity index (χ0v) is 16.4. The van der Waals surface area contributed by atoms with Gasteiger partial charge in [-0.2, -0.15) is 5.26 Å². The highest BCUT2D eigenvalue weighted by Crippen LogP contribution is 2.43. The van der Waals surface area contributed by atoms with E-state index in [1.165, 1.54) is 0 Å². The van der Waals surface area contributed by atoms with Crippen LogP contribution in [0.2, 0.25) is 0 Å². The number of fused-ring (bicyclic) bond motifs is 1. The van der Waals surface area contributed by atoms with Gasteiger partial charge >= 0.3 is 6.03 Å². The number of nitriles is 1. The molecule has 132 valence electrons. The minimum Gasteiger partial charge on any atom is -0.308 e. The zero-order chi connectivity index (χ0) is 18.7. The van der Waals surface area contributed by atoms with Gasteiger partial charge in [0.05, 0.1) is 17.3 Å². The van der Waals surface area contributed by atoms with E-state index in [9.17, 15) is 10.1 Å². The number of nitrogens with zero attached hydrogens (tertiary/aromatic N) is 1. The SMILES string of the molecule is CCC1(C)Cc2ccccc2C(NC(=O)Nc2cccc(Br)c2)=C1C#N. The molecule has 0 fully saturated rings. The second-order valence-corrected chi connectivity index (χ2v) is 7.62. The number of carbonyl (C=O) groups is 1. The van der Waals surface area contributed by atoms with E-state index >= 15 is 0 Å². The number of allylic oxidation sites excluding steroid dienone is 1. The minimum absolute atomic E-state index is 0.290. The molecular weight excluding hydrogens is 390 g/mol. The number of hydrogen-bond acceptors (Lipinski definition) is 2. The number of halogens is 1. The molecule has 1 aliphatic rings. The largest absolute Gasteiger partial charge is 0.323 e. The van der Waals surface area contributed by atoms with E-state index in [1.807, 2.05) is 42.5 Å². The lowest BCUT2D eigenvalue weighted by molar-refractivity contribution is 0.255. The fourth-order valence-corrected chi connectivity index (χ4v) is 3.73. The third-order valence-electron chi connectivity index (χ3n) is 4.93. The fraction of sp³-hybridized carbons (Fsp3) is 0.238. The topological polar surface area (TPSA) is 64.9 Å². The first-order chi connectivity index (χ1) is 12.5. The first-order valence-corrected chi connectivity index (χ1v) is 9.33. The van der Waals surface area contributed by atoms with E-state index in [0.717, 1.165) is 28.4 Å². The first kappa shape index (κ1) is 18.2. The third kappa shape index (κ3) is 3.51. The number of hydrogen-bond donors (Lipinski definition) is 2. The quantitative estimate of drug-likeness (QED) is 0.704. The summed E-state index contributed by atoms with van der Waals surface area (Å²) in [5, 5.41) is 15.6. The average Bonchev–Trinajstić information content (AvgIpc) is 2.61. The van der Waals surface area contributed by atoms with Gasteiger partial charge in [0.15, 0.2) is 0 Å². The van der Waals surface area contributed by atoms with Crippen molar-refractivity contribution in [3.63, 3.8) is 0 Å². The van der Waals surface area contributed by atoms with Crippen LogP contribution in [0, 0.1) is 16.7 Å². The molecule has 2 N–H and O–H groups in total. The second kappa shape index (κ2) is 7.35. The van der Waals surface area contributed by atoms with Gasteiger partial charge in [-0.1, -0.05) is 60.1 Å². The van der Waals surface area contributed by atoms with Crippen molar-refractivity contribution < 1.29 is 4.79 Å². The van der Waals surface area contributed by atoms with E-state index in [4.69, 9.17) is 0 Å². The molecule has 26 heavy (non-hydrogen) atoms. The smallest absolute Gasteiger partial charge is 0.308 e. The standard InChI is InChI=1S/C21H20BrN3O/c1-3-21(2)12-14-7-4-5-10-17(14)19(18(21)13-23)25-20(26)24-16-9-6-8-15(22)11-16/h4-11H,3,12H2,1-2H3,(H2,24,25,26). The molecule has 2 aromatic rings. The Kier molecular flexibility index (Phi) is 5.15. The molecule has 5 heteroatoms. The monoisotopic (exact) mass is 409 g/mol. The van der Waals surface area contributed by atoms with Gasteiger partial charge in [0.2, 0.25) is 0 Å². The highest BCUT2D eigenvalue weighted by Gasteiger charge is 2.36. The second-order valence-electron chi connectivity index (χ2n) is 6.70. The van der Waals surface area contributed by atoms with Crippen molar-refractivity contribution in [2.24, 2.45) is 5.41 Å². The summed E-state index contributed by atoms with van der Waals surface area (Å²) in [5.74, 6) is 0. The van der Waals surface area contributed by atoms with Crippen LogP contribution in [-0.2, 0) is 6.42 Å². The van der Waals surface area contributed by atoms with Crippen LogP contribution >= 0.6 is 15.9 Å². The van der Waals surface area contributed by atoms with Crippen molar-refractivity contribution in [1.29, 1.82) is 5.26 Å². The molecule has 0 heterocycles. The molecule has 0 spiro atoms. The Bertz CT molecular complexity index is 929. The normalized spacial score (nSPS) is 18.7. The van der Waals surface area contributed by atoms with Gasteiger partial charge in [-0.15, -0.1) is 0 Å². The molecule has 3 rings (SSSR count). The molecule has 2 aromatic carbocycles. The summed E-state index contributed by atoms with van der Waals surface area (Å²) in [5.41, 5.74) is 3.68. The Labute approximate surface area is 162 Å². The third-order valence-corrected chi connectivity index (χ3v) is 5.43. The van der Waals surface area contributed by atoms with Gasteiger partial charge in [-0.3, -0.25) is 0 Å². The highest BCUT2D eigenvalue weighted by atomic mass is 79.9. The molecule has 0 saturated carbocycles. The van der Waals surface area contributed by atoms with Crippen LogP contribution in [0.15, 0.2) is 58.6 Å². The molecular formula is C21H20BrN3O. The molecule has 1 aliphatic carbocycles. The van der Waals surface area contributed by atoms with E-state index in [2.05, 4.69) is 52.5 Å². The maximum Gasteiger partial charge on any atom is 0.323 e. The summed E-state index contributed by atoms with van der Waals surface area (Å²) in [6.45, 7) is 4.15. The van der Waals surface area contributed by atoms with Crippen LogP contribution in [0.1, 0.15) is 31.4 Å². The Morgan fingerprint density at radius 2 is 2.00 bits per heavy atom. The van der Waals surface area contributed by atoms with Gasteiger partial charge in [0.1, 0.15) is 0 Å². The average molecular weight is 410 g/mol. The molecule has 0 aromatic heterocycles.